The van der Waals surface area contributed by atoms with Gasteiger partial charge in [-0.2, -0.15) is 0 Å². The monoisotopic (exact) mass is 329 g/mol. The van der Waals surface area contributed by atoms with E-state index >= 15 is 0 Å². The largest absolute Gasteiger partial charge is 0.352 e. The molecular formula is C19H27N3O2. The lowest BCUT2D eigenvalue weighted by molar-refractivity contribution is -0.135. The summed E-state index contributed by atoms with van der Waals surface area (Å²) in [5.74, 6) is 1.09. The summed E-state index contributed by atoms with van der Waals surface area (Å²) in [6.45, 7) is 3.34. The first-order valence-corrected chi connectivity index (χ1v) is 9.02. The van der Waals surface area contributed by atoms with Crippen molar-refractivity contribution < 1.29 is 9.59 Å². The molecule has 0 spiro atoms. The Morgan fingerprint density at radius 3 is 2.42 bits per heavy atom. The van der Waals surface area contributed by atoms with E-state index in [0.717, 1.165) is 30.9 Å². The van der Waals surface area contributed by atoms with Gasteiger partial charge >= 0.3 is 0 Å². The van der Waals surface area contributed by atoms with Crippen molar-refractivity contribution in [2.75, 3.05) is 26.2 Å². The second kappa shape index (κ2) is 8.29. The third-order valence-electron chi connectivity index (χ3n) is 4.93. The molecular weight excluding hydrogens is 302 g/mol. The minimum Gasteiger partial charge on any atom is -0.352 e. The second-order valence-electron chi connectivity index (χ2n) is 6.93. The predicted octanol–water partition coefficient (Wildman–Crippen LogP) is 1.54. The van der Waals surface area contributed by atoms with E-state index in [2.05, 4.69) is 10.6 Å². The zero-order valence-corrected chi connectivity index (χ0v) is 14.2. The van der Waals surface area contributed by atoms with Gasteiger partial charge < -0.3 is 15.5 Å². The molecule has 0 bridgehead atoms. The van der Waals surface area contributed by atoms with Crippen molar-refractivity contribution in [3.05, 3.63) is 35.9 Å². The predicted molar refractivity (Wildman–Crippen MR) is 93.2 cm³/mol. The molecule has 2 aliphatic rings. The fraction of sp³-hybridized carbons (Fsp3) is 0.579. The number of nitrogens with one attached hydrogen (secondary N) is 2. The van der Waals surface area contributed by atoms with E-state index in [0.29, 0.717) is 26.2 Å². The van der Waals surface area contributed by atoms with Gasteiger partial charge in [0.1, 0.15) is 0 Å². The molecule has 0 radical (unpaired) electrons. The number of amides is 2. The van der Waals surface area contributed by atoms with Crippen LogP contribution < -0.4 is 10.6 Å². The number of carbonyl (C=O) groups excluding carboxylic acids is 2. The van der Waals surface area contributed by atoms with Crippen molar-refractivity contribution in [1.82, 2.24) is 15.5 Å². The molecule has 3 rings (SSSR count). The van der Waals surface area contributed by atoms with Crippen molar-refractivity contribution in [1.29, 1.82) is 0 Å². The Morgan fingerprint density at radius 1 is 1.04 bits per heavy atom. The molecule has 0 atom stereocenters. The number of rotatable bonds is 7. The minimum absolute atomic E-state index is 0.0252. The molecule has 1 saturated carbocycles. The maximum Gasteiger partial charge on any atom is 0.236 e. The van der Waals surface area contributed by atoms with Crippen LogP contribution in [0.15, 0.2) is 30.3 Å². The van der Waals surface area contributed by atoms with Gasteiger partial charge in [-0.25, -0.2) is 0 Å². The lowest BCUT2D eigenvalue weighted by Gasteiger charge is -2.31. The summed E-state index contributed by atoms with van der Waals surface area (Å²) < 4.78 is 0. The van der Waals surface area contributed by atoms with Gasteiger partial charge in [-0.05, 0) is 43.7 Å². The Labute approximate surface area is 143 Å². The van der Waals surface area contributed by atoms with Crippen LogP contribution in [0.2, 0.25) is 0 Å². The summed E-state index contributed by atoms with van der Waals surface area (Å²) in [5, 5.41) is 6.26. The van der Waals surface area contributed by atoms with Crippen LogP contribution in [-0.2, 0) is 16.1 Å². The Kier molecular flexibility index (Phi) is 5.86. The zero-order valence-electron chi connectivity index (χ0n) is 14.2. The Morgan fingerprint density at radius 2 is 1.75 bits per heavy atom. The molecule has 5 nitrogen and oxygen atoms in total. The molecule has 1 aromatic carbocycles. The number of hydrogen-bond donors (Lipinski definition) is 2. The van der Waals surface area contributed by atoms with E-state index in [1.54, 1.807) is 0 Å². The SMILES string of the molecule is O=C(NCc1ccccc1)C1CCN(C(=O)CNCC2CC2)CC1. The Bertz CT molecular complexity index is 549. The van der Waals surface area contributed by atoms with Gasteiger partial charge in [-0.15, -0.1) is 0 Å². The van der Waals surface area contributed by atoms with Gasteiger partial charge in [0.2, 0.25) is 11.8 Å². The van der Waals surface area contributed by atoms with Gasteiger partial charge in [-0.1, -0.05) is 30.3 Å². The van der Waals surface area contributed by atoms with E-state index in [9.17, 15) is 9.59 Å². The summed E-state index contributed by atoms with van der Waals surface area (Å²) in [6, 6.07) is 9.94. The topological polar surface area (TPSA) is 61.4 Å². The van der Waals surface area contributed by atoms with Gasteiger partial charge in [0.15, 0.2) is 0 Å². The van der Waals surface area contributed by atoms with Crippen molar-refractivity contribution >= 4 is 11.8 Å². The summed E-state index contributed by atoms with van der Waals surface area (Å²) in [4.78, 5) is 26.3. The molecule has 2 N–H and O–H groups in total. The lowest BCUT2D eigenvalue weighted by Crippen LogP contribution is -2.45. The van der Waals surface area contributed by atoms with Crippen LogP contribution in [0, 0.1) is 11.8 Å². The summed E-state index contributed by atoms with van der Waals surface area (Å²) in [7, 11) is 0. The zero-order chi connectivity index (χ0) is 16.8. The number of nitrogens with zero attached hydrogens (tertiary/aromatic N) is 1. The highest BCUT2D eigenvalue weighted by atomic mass is 16.2. The fourth-order valence-electron chi connectivity index (χ4n) is 3.14. The maximum absolute atomic E-state index is 12.3. The molecule has 1 heterocycles. The second-order valence-corrected chi connectivity index (χ2v) is 6.93. The van der Waals surface area contributed by atoms with Crippen LogP contribution in [-0.4, -0.2) is 42.9 Å². The number of likely N-dealkylation sites (tertiary alicyclic amines) is 1. The smallest absolute Gasteiger partial charge is 0.236 e. The van der Waals surface area contributed by atoms with Crippen LogP contribution in [0.1, 0.15) is 31.2 Å². The van der Waals surface area contributed by atoms with Crippen LogP contribution >= 0.6 is 0 Å². The highest BCUT2D eigenvalue weighted by Gasteiger charge is 2.27. The van der Waals surface area contributed by atoms with Gasteiger partial charge in [0, 0.05) is 25.6 Å². The van der Waals surface area contributed by atoms with Crippen LogP contribution in [0.4, 0.5) is 0 Å². The molecule has 1 aliphatic heterocycles. The quantitative estimate of drug-likeness (QED) is 0.798. The number of carbonyl (C=O) groups is 2. The Balaban J connectivity index is 1.34. The van der Waals surface area contributed by atoms with Crippen molar-refractivity contribution in [2.24, 2.45) is 11.8 Å². The standard InChI is InChI=1S/C19H27N3O2/c23-18(14-20-12-16-6-7-16)22-10-8-17(9-11-22)19(24)21-13-15-4-2-1-3-5-15/h1-5,16-17,20H,6-14H2,(H,21,24). The summed E-state index contributed by atoms with van der Waals surface area (Å²) >= 11 is 0. The Hall–Kier alpha value is -1.88. The number of benzene rings is 1. The first-order chi connectivity index (χ1) is 11.7. The molecule has 130 valence electrons. The summed E-state index contributed by atoms with van der Waals surface area (Å²) in [6.07, 6.45) is 4.11. The number of piperidine rings is 1. The first kappa shape index (κ1) is 17.0. The van der Waals surface area contributed by atoms with Gasteiger partial charge in [-0.3, -0.25) is 9.59 Å². The fourth-order valence-corrected chi connectivity index (χ4v) is 3.14. The van der Waals surface area contributed by atoms with Crippen molar-refractivity contribution in [3.8, 4) is 0 Å². The third-order valence-corrected chi connectivity index (χ3v) is 4.93. The first-order valence-electron chi connectivity index (χ1n) is 9.02. The molecule has 0 unspecified atom stereocenters. The lowest BCUT2D eigenvalue weighted by atomic mass is 9.95. The molecule has 5 heteroatoms. The molecule has 0 aromatic heterocycles. The van der Waals surface area contributed by atoms with Crippen LogP contribution in [0.25, 0.3) is 0 Å². The normalized spacial score (nSPS) is 18.4. The van der Waals surface area contributed by atoms with E-state index in [1.807, 2.05) is 35.2 Å². The van der Waals surface area contributed by atoms with Crippen LogP contribution in [0.5, 0.6) is 0 Å². The van der Waals surface area contributed by atoms with Crippen molar-refractivity contribution in [2.45, 2.75) is 32.2 Å². The van der Waals surface area contributed by atoms with Crippen molar-refractivity contribution in [3.63, 3.8) is 0 Å². The minimum atomic E-state index is 0.0252. The molecule has 1 saturated heterocycles. The molecule has 1 aliphatic carbocycles. The summed E-state index contributed by atoms with van der Waals surface area (Å²) in [5.41, 5.74) is 1.11. The van der Waals surface area contributed by atoms with Gasteiger partial charge in [0.25, 0.3) is 0 Å². The number of hydrogen-bond acceptors (Lipinski definition) is 3. The molecule has 24 heavy (non-hydrogen) atoms. The van der Waals surface area contributed by atoms with Gasteiger partial charge in [0.05, 0.1) is 6.54 Å². The molecule has 2 fully saturated rings. The molecule has 2 amide bonds. The average Bonchev–Trinajstić information content (AvgIpc) is 3.45. The average molecular weight is 329 g/mol. The highest BCUT2D eigenvalue weighted by Crippen LogP contribution is 2.27. The third kappa shape index (κ3) is 5.06. The maximum atomic E-state index is 12.3. The van der Waals surface area contributed by atoms with E-state index in [4.69, 9.17) is 0 Å². The van der Waals surface area contributed by atoms with E-state index < -0.39 is 0 Å². The van der Waals surface area contributed by atoms with E-state index in [1.165, 1.54) is 12.8 Å². The van der Waals surface area contributed by atoms with Crippen LogP contribution in [0.3, 0.4) is 0 Å². The molecule has 1 aromatic rings. The van der Waals surface area contributed by atoms with E-state index in [-0.39, 0.29) is 17.7 Å². The highest BCUT2D eigenvalue weighted by molar-refractivity contribution is 5.80.